The molecule has 7 nitrogen and oxygen atoms in total. The Morgan fingerprint density at radius 2 is 1.81 bits per heavy atom. The van der Waals surface area contributed by atoms with E-state index >= 15 is 0 Å². The molecule has 1 amide bonds. The van der Waals surface area contributed by atoms with Crippen molar-refractivity contribution in [2.45, 2.75) is 30.5 Å². The number of carbonyl (C=O) groups excluding carboxylic acids is 1. The van der Waals surface area contributed by atoms with Gasteiger partial charge in [-0.3, -0.25) is 4.79 Å². The predicted octanol–water partition coefficient (Wildman–Crippen LogP) is 3.02. The van der Waals surface area contributed by atoms with Crippen molar-refractivity contribution in [3.63, 3.8) is 0 Å². The Morgan fingerprint density at radius 1 is 1.10 bits per heavy atom. The molecule has 1 heterocycles. The molecule has 2 aromatic rings. The van der Waals surface area contributed by atoms with Gasteiger partial charge in [-0.1, -0.05) is 12.1 Å². The second-order valence-corrected chi connectivity index (χ2v) is 8.63. The minimum absolute atomic E-state index is 0.0329. The molecular weight excluding hydrogens is 437 g/mol. The van der Waals surface area contributed by atoms with Crippen LogP contribution in [0, 0.1) is 0 Å². The molecule has 1 atom stereocenters. The lowest BCUT2D eigenvalue weighted by Crippen LogP contribution is -2.32. The number of sulfonamides is 1. The van der Waals surface area contributed by atoms with Crippen molar-refractivity contribution >= 4 is 15.9 Å². The van der Waals surface area contributed by atoms with Crippen LogP contribution in [0.2, 0.25) is 0 Å². The zero-order chi connectivity index (χ0) is 22.6. The quantitative estimate of drug-likeness (QED) is 0.665. The van der Waals surface area contributed by atoms with Gasteiger partial charge in [-0.15, -0.1) is 0 Å². The Morgan fingerprint density at radius 3 is 2.52 bits per heavy atom. The summed E-state index contributed by atoms with van der Waals surface area (Å²) in [6.07, 6.45) is -4.67. The van der Waals surface area contributed by atoms with Gasteiger partial charge >= 0.3 is 6.18 Å². The molecular formula is C20H21F3N2O5S. The number of rotatable bonds is 7. The zero-order valence-corrected chi connectivity index (χ0v) is 17.3. The topological polar surface area (TPSA) is 93.7 Å². The molecule has 2 N–H and O–H groups in total. The molecule has 168 valence electrons. The number of ether oxygens (including phenoxy) is 2. The van der Waals surface area contributed by atoms with Gasteiger partial charge in [0.1, 0.15) is 13.2 Å². The molecule has 1 unspecified atom stereocenters. The van der Waals surface area contributed by atoms with Gasteiger partial charge in [0.2, 0.25) is 15.9 Å². The third-order valence-corrected chi connectivity index (χ3v) is 6.02. The maximum absolute atomic E-state index is 12.8. The summed E-state index contributed by atoms with van der Waals surface area (Å²) in [6, 6.07) is 8.18. The van der Waals surface area contributed by atoms with Crippen LogP contribution in [0.3, 0.4) is 0 Å². The first-order valence-electron chi connectivity index (χ1n) is 9.42. The number of halogens is 3. The average Bonchev–Trinajstić information content (AvgIpc) is 2.72. The fraction of sp³-hybridized carbons (Fsp3) is 0.350. The highest BCUT2D eigenvalue weighted by atomic mass is 32.2. The van der Waals surface area contributed by atoms with E-state index in [0.29, 0.717) is 30.3 Å². The Labute approximate surface area is 177 Å². The van der Waals surface area contributed by atoms with Crippen LogP contribution >= 0.6 is 0 Å². The van der Waals surface area contributed by atoms with Crippen molar-refractivity contribution in [2.24, 2.45) is 0 Å². The van der Waals surface area contributed by atoms with Crippen LogP contribution in [-0.2, 0) is 21.0 Å². The lowest BCUT2D eigenvalue weighted by atomic mass is 10.0. The van der Waals surface area contributed by atoms with E-state index in [1.165, 1.54) is 30.3 Å². The van der Waals surface area contributed by atoms with Crippen molar-refractivity contribution in [1.82, 2.24) is 10.0 Å². The summed E-state index contributed by atoms with van der Waals surface area (Å²) in [4.78, 5) is 12.1. The van der Waals surface area contributed by atoms with Gasteiger partial charge in [-0.05, 0) is 36.8 Å². The van der Waals surface area contributed by atoms with Crippen LogP contribution in [0.15, 0.2) is 47.4 Å². The van der Waals surface area contributed by atoms with E-state index in [1.807, 2.05) is 0 Å². The van der Waals surface area contributed by atoms with E-state index in [2.05, 4.69) is 10.0 Å². The predicted molar refractivity (Wildman–Crippen MR) is 105 cm³/mol. The van der Waals surface area contributed by atoms with E-state index in [0.717, 1.165) is 12.1 Å². The van der Waals surface area contributed by atoms with Crippen LogP contribution < -0.4 is 19.5 Å². The highest BCUT2D eigenvalue weighted by molar-refractivity contribution is 7.89. The molecule has 11 heteroatoms. The van der Waals surface area contributed by atoms with Gasteiger partial charge in [0.15, 0.2) is 11.5 Å². The van der Waals surface area contributed by atoms with Crippen LogP contribution in [-0.4, -0.2) is 34.1 Å². The van der Waals surface area contributed by atoms with Crippen molar-refractivity contribution in [3.05, 3.63) is 53.6 Å². The fourth-order valence-corrected chi connectivity index (χ4v) is 4.00. The maximum Gasteiger partial charge on any atom is 0.416 e. The highest BCUT2D eigenvalue weighted by Gasteiger charge is 2.30. The van der Waals surface area contributed by atoms with Gasteiger partial charge in [0.05, 0.1) is 16.5 Å². The fourth-order valence-electron chi connectivity index (χ4n) is 2.95. The first kappa shape index (κ1) is 22.9. The van der Waals surface area contributed by atoms with Crippen LogP contribution in [0.1, 0.15) is 30.5 Å². The molecule has 0 fully saturated rings. The zero-order valence-electron chi connectivity index (χ0n) is 16.5. The molecule has 2 aromatic carbocycles. The number of carbonyl (C=O) groups is 1. The minimum atomic E-state index is -4.48. The molecule has 0 spiro atoms. The molecule has 3 rings (SSSR count). The van der Waals surface area contributed by atoms with Gasteiger partial charge in [-0.2, -0.15) is 13.2 Å². The van der Waals surface area contributed by atoms with E-state index in [1.54, 1.807) is 6.92 Å². The normalized spacial score (nSPS) is 14.7. The molecule has 0 saturated carbocycles. The average molecular weight is 458 g/mol. The summed E-state index contributed by atoms with van der Waals surface area (Å²) in [6.45, 7) is 2.06. The lowest BCUT2D eigenvalue weighted by molar-refractivity contribution is -0.137. The number of amides is 1. The number of hydrogen-bond acceptors (Lipinski definition) is 5. The van der Waals surface area contributed by atoms with Gasteiger partial charge < -0.3 is 14.8 Å². The molecule has 31 heavy (non-hydrogen) atoms. The van der Waals surface area contributed by atoms with E-state index in [-0.39, 0.29) is 17.9 Å². The largest absolute Gasteiger partial charge is 0.486 e. The van der Waals surface area contributed by atoms with E-state index < -0.39 is 33.7 Å². The van der Waals surface area contributed by atoms with Gasteiger partial charge in [-0.25, -0.2) is 13.1 Å². The van der Waals surface area contributed by atoms with E-state index in [4.69, 9.17) is 9.47 Å². The summed E-state index contributed by atoms with van der Waals surface area (Å²) in [5.74, 6) is 0.268. The molecule has 0 aliphatic carbocycles. The summed E-state index contributed by atoms with van der Waals surface area (Å²) in [5.41, 5.74) is -0.515. The third kappa shape index (κ3) is 5.88. The number of fused-ring (bicyclic) bond motifs is 1. The first-order valence-corrected chi connectivity index (χ1v) is 10.9. The maximum atomic E-state index is 12.8. The second-order valence-electron chi connectivity index (χ2n) is 6.87. The lowest BCUT2D eigenvalue weighted by Gasteiger charge is -2.19. The molecule has 0 saturated heterocycles. The van der Waals surface area contributed by atoms with Crippen LogP contribution in [0.5, 0.6) is 11.5 Å². The second kappa shape index (κ2) is 9.15. The van der Waals surface area contributed by atoms with Crippen molar-refractivity contribution in [2.75, 3.05) is 19.8 Å². The first-order chi connectivity index (χ1) is 14.6. The van der Waals surface area contributed by atoms with Crippen molar-refractivity contribution in [1.29, 1.82) is 0 Å². The molecule has 0 aromatic heterocycles. The van der Waals surface area contributed by atoms with Crippen molar-refractivity contribution in [3.8, 4) is 11.5 Å². The van der Waals surface area contributed by atoms with Crippen molar-refractivity contribution < 1.29 is 35.9 Å². The molecule has 1 aliphatic heterocycles. The highest BCUT2D eigenvalue weighted by Crippen LogP contribution is 2.32. The summed E-state index contributed by atoms with van der Waals surface area (Å²) >= 11 is 0. The Bertz CT molecular complexity index is 1060. The standard InChI is InChI=1S/C20H21F3N2O5S/c1-13(14-3-2-4-15(11-14)20(21,22)23)25-19(26)7-8-24-31(27,28)16-5-6-17-18(12-16)30-10-9-29-17/h2-6,11-13,24H,7-10H2,1H3,(H,25,26). The van der Waals surface area contributed by atoms with Crippen LogP contribution in [0.25, 0.3) is 0 Å². The third-order valence-electron chi connectivity index (χ3n) is 4.56. The Hall–Kier alpha value is -2.79. The number of alkyl halides is 3. The SMILES string of the molecule is CC(NC(=O)CCNS(=O)(=O)c1ccc2c(c1)OCCO2)c1cccc(C(F)(F)F)c1. The van der Waals surface area contributed by atoms with Crippen LogP contribution in [0.4, 0.5) is 13.2 Å². The van der Waals surface area contributed by atoms with E-state index in [9.17, 15) is 26.4 Å². The monoisotopic (exact) mass is 458 g/mol. The Kier molecular flexibility index (Phi) is 6.75. The summed E-state index contributed by atoms with van der Waals surface area (Å²) < 4.78 is 76.4. The van der Waals surface area contributed by atoms with Gasteiger partial charge in [0, 0.05) is 19.0 Å². The summed E-state index contributed by atoms with van der Waals surface area (Å²) in [5, 5.41) is 2.56. The molecule has 0 radical (unpaired) electrons. The smallest absolute Gasteiger partial charge is 0.416 e. The molecule has 1 aliphatic rings. The number of hydrogen-bond donors (Lipinski definition) is 2. The molecule has 0 bridgehead atoms. The number of benzene rings is 2. The minimum Gasteiger partial charge on any atom is -0.486 e. The number of nitrogens with one attached hydrogen (secondary N) is 2. The van der Waals surface area contributed by atoms with Gasteiger partial charge in [0.25, 0.3) is 0 Å². The Balaban J connectivity index is 1.54. The summed E-state index contributed by atoms with van der Waals surface area (Å²) in [7, 11) is -3.88.